The van der Waals surface area contributed by atoms with Gasteiger partial charge in [0.2, 0.25) is 5.95 Å². The summed E-state index contributed by atoms with van der Waals surface area (Å²) in [4.78, 5) is 13.4. The van der Waals surface area contributed by atoms with Crippen LogP contribution in [-0.4, -0.2) is 48.6 Å². The summed E-state index contributed by atoms with van der Waals surface area (Å²) in [6.07, 6.45) is 8.05. The van der Waals surface area contributed by atoms with Gasteiger partial charge >= 0.3 is 0 Å². The van der Waals surface area contributed by atoms with E-state index in [9.17, 15) is 0 Å². The van der Waals surface area contributed by atoms with E-state index < -0.39 is 0 Å². The minimum absolute atomic E-state index is 0.217. The van der Waals surface area contributed by atoms with E-state index >= 15 is 0 Å². The molecule has 1 fully saturated rings. The number of hydrogen-bond donors (Lipinski definition) is 1. The van der Waals surface area contributed by atoms with Crippen molar-refractivity contribution < 1.29 is 4.42 Å². The van der Waals surface area contributed by atoms with E-state index in [0.29, 0.717) is 0 Å². The molecule has 6 heteroatoms. The fourth-order valence-corrected chi connectivity index (χ4v) is 2.89. The first-order valence-corrected chi connectivity index (χ1v) is 8.20. The van der Waals surface area contributed by atoms with Gasteiger partial charge in [-0.2, -0.15) is 0 Å². The van der Waals surface area contributed by atoms with Crippen LogP contribution in [0.15, 0.2) is 35.2 Å². The minimum Gasteiger partial charge on any atom is -0.468 e. The Labute approximate surface area is 137 Å². The van der Waals surface area contributed by atoms with Crippen LogP contribution in [0, 0.1) is 0 Å². The second-order valence-corrected chi connectivity index (χ2v) is 6.21. The molecule has 1 aliphatic heterocycles. The highest BCUT2D eigenvalue weighted by Crippen LogP contribution is 2.18. The summed E-state index contributed by atoms with van der Waals surface area (Å²) in [5.74, 6) is 1.83. The van der Waals surface area contributed by atoms with Gasteiger partial charge in [0.1, 0.15) is 5.76 Å². The lowest BCUT2D eigenvalue weighted by molar-refractivity contribution is 0.250. The molecular weight excluding hydrogens is 290 g/mol. The smallest absolute Gasteiger partial charge is 0.225 e. The van der Waals surface area contributed by atoms with Gasteiger partial charge in [-0.3, -0.25) is 4.90 Å². The second-order valence-electron chi connectivity index (χ2n) is 6.21. The molecule has 3 rings (SSSR count). The summed E-state index contributed by atoms with van der Waals surface area (Å²) in [5, 5.41) is 3.47. The molecule has 2 aromatic heterocycles. The number of anilines is 1. The Kier molecular flexibility index (Phi) is 5.25. The lowest BCUT2D eigenvalue weighted by atomic mass is 10.2. The van der Waals surface area contributed by atoms with Crippen molar-refractivity contribution in [2.24, 2.45) is 0 Å². The van der Waals surface area contributed by atoms with Crippen LogP contribution in [0.3, 0.4) is 0 Å². The van der Waals surface area contributed by atoms with Crippen LogP contribution in [0.5, 0.6) is 0 Å². The van der Waals surface area contributed by atoms with Gasteiger partial charge in [-0.05, 0) is 39.1 Å². The predicted molar refractivity (Wildman–Crippen MR) is 90.3 cm³/mol. The first kappa shape index (κ1) is 16.0. The molecule has 0 amide bonds. The maximum absolute atomic E-state index is 5.52. The Morgan fingerprint density at radius 2 is 2.00 bits per heavy atom. The third-order valence-corrected chi connectivity index (χ3v) is 4.24. The van der Waals surface area contributed by atoms with Crippen LogP contribution < -0.4 is 10.2 Å². The number of hydrogen-bond acceptors (Lipinski definition) is 6. The van der Waals surface area contributed by atoms with Crippen LogP contribution in [0.4, 0.5) is 5.95 Å². The number of rotatable bonds is 7. The van der Waals surface area contributed by atoms with Gasteiger partial charge < -0.3 is 14.6 Å². The average molecular weight is 315 g/mol. The van der Waals surface area contributed by atoms with E-state index in [-0.39, 0.29) is 6.04 Å². The molecular formula is C17H25N5O. The molecule has 2 aromatic rings. The number of aromatic nitrogens is 2. The van der Waals surface area contributed by atoms with E-state index in [1.807, 2.05) is 24.5 Å². The normalized spacial score (nSPS) is 16.2. The highest BCUT2D eigenvalue weighted by atomic mass is 16.3. The number of nitrogens with zero attached hydrogens (tertiary/aromatic N) is 4. The molecule has 124 valence electrons. The van der Waals surface area contributed by atoms with E-state index in [1.54, 1.807) is 6.26 Å². The molecule has 1 N–H and O–H groups in total. The molecule has 1 atom stereocenters. The zero-order valence-corrected chi connectivity index (χ0v) is 13.9. The second kappa shape index (κ2) is 7.57. The van der Waals surface area contributed by atoms with E-state index in [1.165, 1.54) is 12.8 Å². The summed E-state index contributed by atoms with van der Waals surface area (Å²) in [6.45, 7) is 3.72. The molecule has 0 spiro atoms. The number of likely N-dealkylation sites (N-methyl/N-ethyl adjacent to an activating group) is 1. The Morgan fingerprint density at radius 3 is 2.61 bits per heavy atom. The number of furan rings is 1. The molecule has 1 saturated heterocycles. The maximum atomic E-state index is 5.52. The zero-order chi connectivity index (χ0) is 16.1. The van der Waals surface area contributed by atoms with Crippen LogP contribution in [0.1, 0.15) is 30.2 Å². The van der Waals surface area contributed by atoms with Gasteiger partial charge in [0, 0.05) is 44.1 Å². The van der Waals surface area contributed by atoms with Crippen LogP contribution in [-0.2, 0) is 6.54 Å². The third kappa shape index (κ3) is 4.09. The van der Waals surface area contributed by atoms with Crippen molar-refractivity contribution in [3.63, 3.8) is 0 Å². The molecule has 6 nitrogen and oxygen atoms in total. The summed E-state index contributed by atoms with van der Waals surface area (Å²) < 4.78 is 5.52. The highest BCUT2D eigenvalue weighted by Gasteiger charge is 2.17. The van der Waals surface area contributed by atoms with Crippen molar-refractivity contribution in [1.82, 2.24) is 20.2 Å². The Hall–Kier alpha value is -1.92. The minimum atomic E-state index is 0.217. The zero-order valence-electron chi connectivity index (χ0n) is 13.9. The summed E-state index contributed by atoms with van der Waals surface area (Å²) >= 11 is 0. The molecule has 1 aliphatic rings. The molecule has 23 heavy (non-hydrogen) atoms. The summed E-state index contributed by atoms with van der Waals surface area (Å²) in [6, 6.07) is 4.16. The lowest BCUT2D eigenvalue weighted by Gasteiger charge is -2.22. The summed E-state index contributed by atoms with van der Waals surface area (Å²) in [5.41, 5.74) is 1.10. The topological polar surface area (TPSA) is 57.4 Å². The van der Waals surface area contributed by atoms with Gasteiger partial charge in [-0.25, -0.2) is 9.97 Å². The maximum Gasteiger partial charge on any atom is 0.225 e. The van der Waals surface area contributed by atoms with Crippen molar-refractivity contribution in [3.8, 4) is 0 Å². The molecule has 3 heterocycles. The van der Waals surface area contributed by atoms with Crippen molar-refractivity contribution in [3.05, 3.63) is 42.1 Å². The lowest BCUT2D eigenvalue weighted by Crippen LogP contribution is -2.30. The quantitative estimate of drug-likeness (QED) is 0.844. The Balaban J connectivity index is 1.51. The van der Waals surface area contributed by atoms with Crippen molar-refractivity contribution in [1.29, 1.82) is 0 Å². The van der Waals surface area contributed by atoms with Crippen LogP contribution in [0.25, 0.3) is 0 Å². The third-order valence-electron chi connectivity index (χ3n) is 4.24. The number of nitrogens with one attached hydrogen (secondary N) is 1. The van der Waals surface area contributed by atoms with Crippen LogP contribution >= 0.6 is 0 Å². The van der Waals surface area contributed by atoms with E-state index in [2.05, 4.69) is 39.2 Å². The fourth-order valence-electron chi connectivity index (χ4n) is 2.89. The van der Waals surface area contributed by atoms with Gasteiger partial charge in [0.05, 0.1) is 12.3 Å². The highest BCUT2D eigenvalue weighted by molar-refractivity contribution is 5.30. The van der Waals surface area contributed by atoms with Gasteiger partial charge in [-0.15, -0.1) is 0 Å². The Morgan fingerprint density at radius 1 is 1.26 bits per heavy atom. The SMILES string of the molecule is CN(C)[C@H](CNCc1cnc(N2CCCC2)nc1)c1ccco1. The molecule has 0 aromatic carbocycles. The monoisotopic (exact) mass is 315 g/mol. The van der Waals surface area contributed by atoms with Gasteiger partial charge in [-0.1, -0.05) is 0 Å². The first-order valence-electron chi connectivity index (χ1n) is 8.20. The Bertz CT molecular complexity index is 576. The van der Waals surface area contributed by atoms with Gasteiger partial charge in [0.25, 0.3) is 0 Å². The van der Waals surface area contributed by atoms with Crippen molar-refractivity contribution >= 4 is 5.95 Å². The first-order chi connectivity index (χ1) is 11.2. The molecule has 0 bridgehead atoms. The van der Waals surface area contributed by atoms with E-state index in [0.717, 1.165) is 43.5 Å². The van der Waals surface area contributed by atoms with Crippen LogP contribution in [0.2, 0.25) is 0 Å². The standard InChI is InChI=1S/C17H25N5O/c1-21(2)15(16-6-5-9-23-16)13-18-10-14-11-19-17(20-12-14)22-7-3-4-8-22/h5-6,9,11-12,15,18H,3-4,7-8,10,13H2,1-2H3/t15-/m1/s1. The van der Waals surface area contributed by atoms with Crippen molar-refractivity contribution in [2.75, 3.05) is 38.6 Å². The van der Waals surface area contributed by atoms with E-state index in [4.69, 9.17) is 4.42 Å². The van der Waals surface area contributed by atoms with Crippen molar-refractivity contribution in [2.45, 2.75) is 25.4 Å². The average Bonchev–Trinajstić information content (AvgIpc) is 3.25. The fraction of sp³-hybridized carbons (Fsp3) is 0.529. The molecule has 0 unspecified atom stereocenters. The molecule has 0 aliphatic carbocycles. The predicted octanol–water partition coefficient (Wildman–Crippen LogP) is 2.06. The molecule has 0 radical (unpaired) electrons. The summed E-state index contributed by atoms with van der Waals surface area (Å²) in [7, 11) is 4.12. The van der Waals surface area contributed by atoms with Gasteiger partial charge in [0.15, 0.2) is 0 Å². The largest absolute Gasteiger partial charge is 0.468 e. The molecule has 0 saturated carbocycles.